The van der Waals surface area contributed by atoms with Crippen molar-refractivity contribution in [2.75, 3.05) is 19.8 Å². The zero-order valence-electron chi connectivity index (χ0n) is 29.8. The molecule has 0 aliphatic carbocycles. The topological polar surface area (TPSA) is 97.6 Å². The van der Waals surface area contributed by atoms with Gasteiger partial charge in [-0.3, -0.25) is 4.99 Å². The summed E-state index contributed by atoms with van der Waals surface area (Å²) in [5, 5.41) is 19.3. The molecule has 0 aromatic heterocycles. The molecule has 2 N–H and O–H groups in total. The summed E-state index contributed by atoms with van der Waals surface area (Å²) in [4.78, 5) is 17.1. The van der Waals surface area contributed by atoms with Gasteiger partial charge in [0, 0.05) is 24.5 Å². The predicted molar refractivity (Wildman–Crippen MR) is 200 cm³/mol. The Bertz CT molecular complexity index is 1320. The van der Waals surface area contributed by atoms with Crippen molar-refractivity contribution in [1.29, 1.82) is 0 Å². The van der Waals surface area contributed by atoms with Crippen LogP contribution in [0.4, 0.5) is 5.69 Å². The van der Waals surface area contributed by atoms with Crippen molar-refractivity contribution in [3.8, 4) is 23.0 Å². The minimum absolute atomic E-state index is 0.0968. The molecule has 0 aliphatic rings. The molecule has 0 heterocycles. The van der Waals surface area contributed by atoms with Gasteiger partial charge in [-0.25, -0.2) is 4.79 Å². The average molecular weight is 674 g/mol. The van der Waals surface area contributed by atoms with E-state index in [9.17, 15) is 9.90 Å². The van der Waals surface area contributed by atoms with E-state index in [2.05, 4.69) is 11.9 Å². The van der Waals surface area contributed by atoms with Crippen molar-refractivity contribution >= 4 is 17.9 Å². The summed E-state index contributed by atoms with van der Waals surface area (Å²) in [6, 6.07) is 19.2. The number of phenolic OH excluding ortho intramolecular Hbond substituents is 1. The van der Waals surface area contributed by atoms with Gasteiger partial charge < -0.3 is 24.4 Å². The van der Waals surface area contributed by atoms with Crippen LogP contribution < -0.4 is 14.2 Å². The Hall–Kier alpha value is -3.84. The molecule has 3 aromatic carbocycles. The van der Waals surface area contributed by atoms with Crippen LogP contribution in [0.5, 0.6) is 23.0 Å². The number of nitrogens with zero attached hydrogens (tertiary/aromatic N) is 1. The van der Waals surface area contributed by atoms with Crippen molar-refractivity contribution in [2.24, 2.45) is 4.99 Å². The molecule has 3 rings (SSSR count). The number of rotatable bonds is 27. The van der Waals surface area contributed by atoms with E-state index < -0.39 is 5.97 Å². The lowest BCUT2D eigenvalue weighted by atomic mass is 10.1. The Morgan fingerprint density at radius 2 is 1.10 bits per heavy atom. The zero-order chi connectivity index (χ0) is 34.8. The molecule has 49 heavy (non-hydrogen) atoms. The molecule has 0 spiro atoms. The third-order valence-corrected chi connectivity index (χ3v) is 8.58. The Morgan fingerprint density at radius 1 is 0.612 bits per heavy atom. The van der Waals surface area contributed by atoms with Gasteiger partial charge in [-0.2, -0.15) is 0 Å². The van der Waals surface area contributed by atoms with Crippen LogP contribution in [0, 0.1) is 0 Å². The van der Waals surface area contributed by atoms with Crippen molar-refractivity contribution in [1.82, 2.24) is 0 Å². The Kier molecular flexibility index (Phi) is 20.3. The molecular weight excluding hydrogens is 614 g/mol. The number of aliphatic hydroxyl groups is 1. The maximum Gasteiger partial charge on any atom is 0.343 e. The van der Waals surface area contributed by atoms with E-state index in [-0.39, 0.29) is 5.75 Å². The molecule has 0 saturated heterocycles. The maximum absolute atomic E-state index is 12.7. The predicted octanol–water partition coefficient (Wildman–Crippen LogP) is 11.2. The number of benzene rings is 3. The number of ether oxygens (including phenoxy) is 3. The number of hydrogen-bond acceptors (Lipinski definition) is 7. The molecule has 0 unspecified atom stereocenters. The summed E-state index contributed by atoms with van der Waals surface area (Å²) in [6.07, 6.45) is 23.5. The van der Waals surface area contributed by atoms with Crippen molar-refractivity contribution in [3.63, 3.8) is 0 Å². The summed E-state index contributed by atoms with van der Waals surface area (Å²) in [6.45, 7) is 3.86. The van der Waals surface area contributed by atoms with E-state index in [0.717, 1.165) is 37.9 Å². The quantitative estimate of drug-likeness (QED) is 0.0362. The molecule has 268 valence electrons. The lowest BCUT2D eigenvalue weighted by Gasteiger charge is -2.08. The largest absolute Gasteiger partial charge is 0.507 e. The Labute approximate surface area is 294 Å². The number of aromatic hydroxyl groups is 1. The highest BCUT2D eigenvalue weighted by Crippen LogP contribution is 2.24. The SMILES string of the molecule is CCCCCCCCCCCCOc1ccc(OC(=O)c2ccc(N=Cc3ccc(OCCCCCCCCCCO)cc3O)cc2)cc1. The van der Waals surface area contributed by atoms with Gasteiger partial charge >= 0.3 is 5.97 Å². The van der Waals surface area contributed by atoms with Crippen LogP contribution in [0.15, 0.2) is 71.7 Å². The van der Waals surface area contributed by atoms with E-state index >= 15 is 0 Å². The van der Waals surface area contributed by atoms with E-state index in [4.69, 9.17) is 19.3 Å². The minimum Gasteiger partial charge on any atom is -0.507 e. The van der Waals surface area contributed by atoms with Crippen molar-refractivity contribution in [3.05, 3.63) is 77.9 Å². The number of aliphatic imine (C=N–C) groups is 1. The highest BCUT2D eigenvalue weighted by atomic mass is 16.5. The van der Waals surface area contributed by atoms with Crippen LogP contribution in [-0.2, 0) is 0 Å². The van der Waals surface area contributed by atoms with Crippen LogP contribution in [0.25, 0.3) is 0 Å². The molecule has 0 saturated carbocycles. The fourth-order valence-corrected chi connectivity index (χ4v) is 5.56. The number of esters is 1. The van der Waals surface area contributed by atoms with Gasteiger partial charge in [-0.05, 0) is 79.9 Å². The summed E-state index contributed by atoms with van der Waals surface area (Å²) in [7, 11) is 0. The third kappa shape index (κ3) is 17.4. The molecule has 0 atom stereocenters. The average Bonchev–Trinajstić information content (AvgIpc) is 3.12. The molecule has 0 aliphatic heterocycles. The van der Waals surface area contributed by atoms with Crippen LogP contribution in [0.3, 0.4) is 0 Å². The number of carbonyl (C=O) groups is 1. The lowest BCUT2D eigenvalue weighted by molar-refractivity contribution is 0.0734. The van der Waals surface area contributed by atoms with E-state index in [1.54, 1.807) is 54.7 Å². The van der Waals surface area contributed by atoms with Gasteiger partial charge in [0.15, 0.2) is 0 Å². The van der Waals surface area contributed by atoms with E-state index in [1.165, 1.54) is 83.5 Å². The smallest absolute Gasteiger partial charge is 0.343 e. The van der Waals surface area contributed by atoms with Crippen molar-refractivity contribution in [2.45, 2.75) is 122 Å². The molecule has 0 bridgehead atoms. The van der Waals surface area contributed by atoms with Gasteiger partial charge in [0.05, 0.1) is 24.5 Å². The Balaban J connectivity index is 1.31. The fraction of sp³-hybridized carbons (Fsp3) is 0.524. The minimum atomic E-state index is -0.447. The molecule has 0 amide bonds. The van der Waals surface area contributed by atoms with E-state index in [0.29, 0.717) is 48.1 Å². The number of carbonyl (C=O) groups excluding carboxylic acids is 1. The first-order valence-corrected chi connectivity index (χ1v) is 18.7. The second kappa shape index (κ2) is 25.2. The summed E-state index contributed by atoms with van der Waals surface area (Å²) >= 11 is 0. The lowest BCUT2D eigenvalue weighted by Crippen LogP contribution is -2.08. The van der Waals surface area contributed by atoms with Gasteiger partial charge in [-0.1, -0.05) is 103 Å². The number of aliphatic hydroxyl groups excluding tert-OH is 1. The first kappa shape index (κ1) is 39.6. The first-order chi connectivity index (χ1) is 24.1. The van der Waals surface area contributed by atoms with Crippen molar-refractivity contribution < 1.29 is 29.2 Å². The van der Waals surface area contributed by atoms with Crippen LogP contribution in [0.2, 0.25) is 0 Å². The van der Waals surface area contributed by atoms with Crippen LogP contribution in [0.1, 0.15) is 138 Å². The van der Waals surface area contributed by atoms with Crippen LogP contribution >= 0.6 is 0 Å². The normalized spacial score (nSPS) is 11.2. The summed E-state index contributed by atoms with van der Waals surface area (Å²) in [5.41, 5.74) is 1.64. The second-order valence-corrected chi connectivity index (χ2v) is 12.8. The zero-order valence-corrected chi connectivity index (χ0v) is 29.8. The summed E-state index contributed by atoms with van der Waals surface area (Å²) < 4.78 is 17.2. The van der Waals surface area contributed by atoms with Crippen LogP contribution in [-0.4, -0.2) is 42.2 Å². The monoisotopic (exact) mass is 673 g/mol. The fourth-order valence-electron chi connectivity index (χ4n) is 5.56. The Morgan fingerprint density at radius 3 is 1.65 bits per heavy atom. The highest BCUT2D eigenvalue weighted by Gasteiger charge is 2.09. The van der Waals surface area contributed by atoms with Gasteiger partial charge in [0.1, 0.15) is 23.0 Å². The second-order valence-electron chi connectivity index (χ2n) is 12.8. The number of hydrogen-bond donors (Lipinski definition) is 2. The van der Waals surface area contributed by atoms with E-state index in [1.807, 2.05) is 18.2 Å². The molecule has 0 fully saturated rings. The molecule has 0 radical (unpaired) electrons. The van der Waals surface area contributed by atoms with Gasteiger partial charge in [-0.15, -0.1) is 0 Å². The first-order valence-electron chi connectivity index (χ1n) is 18.7. The maximum atomic E-state index is 12.7. The van der Waals surface area contributed by atoms with Gasteiger partial charge in [0.2, 0.25) is 0 Å². The molecular formula is C42H59NO6. The van der Waals surface area contributed by atoms with Gasteiger partial charge in [0.25, 0.3) is 0 Å². The number of phenols is 1. The third-order valence-electron chi connectivity index (χ3n) is 8.58. The molecule has 7 nitrogen and oxygen atoms in total. The molecule has 7 heteroatoms. The highest BCUT2D eigenvalue weighted by molar-refractivity contribution is 5.91. The summed E-state index contributed by atoms with van der Waals surface area (Å²) in [5.74, 6) is 1.52. The number of unbranched alkanes of at least 4 members (excludes halogenated alkanes) is 16. The molecule has 3 aromatic rings. The standard InChI is InChI=1S/C42H59NO6/c1-2-3-4-5-6-7-9-12-15-18-31-47-38-26-28-39(29-27-38)49-42(46)35-20-23-37(24-21-35)43-34-36-22-25-40(33-41(36)45)48-32-19-16-13-10-8-11-14-17-30-44/h20-29,33-34,44-45H,2-19,30-32H2,1H3.